The summed E-state index contributed by atoms with van der Waals surface area (Å²) in [7, 11) is 0. The Morgan fingerprint density at radius 1 is 1.25 bits per heavy atom. The van der Waals surface area contributed by atoms with E-state index in [1.54, 1.807) is 25.1 Å². The molecule has 2 heteroatoms. The normalized spacial score (nSPS) is 12.8. The molecule has 0 amide bonds. The van der Waals surface area contributed by atoms with Gasteiger partial charge in [-0.1, -0.05) is 50.8 Å². The van der Waals surface area contributed by atoms with Crippen molar-refractivity contribution < 1.29 is 9.50 Å². The molecule has 0 saturated heterocycles. The second kappa shape index (κ2) is 6.64. The fourth-order valence-corrected chi connectivity index (χ4v) is 1.85. The molecule has 0 aliphatic rings. The van der Waals surface area contributed by atoms with Gasteiger partial charge in [-0.05, 0) is 18.9 Å². The van der Waals surface area contributed by atoms with E-state index in [0.29, 0.717) is 17.5 Å². The minimum Gasteiger partial charge on any atom is -0.388 e. The number of aliphatic hydroxyl groups is 1. The second-order valence-corrected chi connectivity index (χ2v) is 4.34. The van der Waals surface area contributed by atoms with E-state index in [1.165, 1.54) is 12.8 Å². The summed E-state index contributed by atoms with van der Waals surface area (Å²) in [6, 6.07) is 5.19. The van der Waals surface area contributed by atoms with Crippen LogP contribution >= 0.6 is 0 Å². The van der Waals surface area contributed by atoms with E-state index in [2.05, 4.69) is 6.92 Å². The molecule has 1 nitrogen and oxygen atoms in total. The lowest BCUT2D eigenvalue weighted by Gasteiger charge is -2.12. The van der Waals surface area contributed by atoms with Crippen molar-refractivity contribution in [2.75, 3.05) is 0 Å². The molecule has 1 atom stereocenters. The van der Waals surface area contributed by atoms with Crippen molar-refractivity contribution >= 4 is 0 Å². The average Bonchev–Trinajstić information content (AvgIpc) is 2.28. The molecule has 0 fully saturated rings. The first kappa shape index (κ1) is 13.2. The van der Waals surface area contributed by atoms with Crippen LogP contribution in [0, 0.1) is 12.7 Å². The summed E-state index contributed by atoms with van der Waals surface area (Å²) in [5.41, 5.74) is 1.04. The first-order valence-corrected chi connectivity index (χ1v) is 6.10. The lowest BCUT2D eigenvalue weighted by Crippen LogP contribution is -2.02. The molecule has 0 aliphatic carbocycles. The van der Waals surface area contributed by atoms with Crippen molar-refractivity contribution in [1.29, 1.82) is 0 Å². The Morgan fingerprint density at radius 2 is 2.00 bits per heavy atom. The molecule has 1 aromatic rings. The smallest absolute Gasteiger partial charge is 0.131 e. The van der Waals surface area contributed by atoms with Crippen molar-refractivity contribution in [2.24, 2.45) is 0 Å². The third kappa shape index (κ3) is 3.60. The van der Waals surface area contributed by atoms with Crippen molar-refractivity contribution in [3.8, 4) is 0 Å². The lowest BCUT2D eigenvalue weighted by molar-refractivity contribution is 0.158. The van der Waals surface area contributed by atoms with Gasteiger partial charge in [0.25, 0.3) is 0 Å². The Hall–Kier alpha value is -0.890. The van der Waals surface area contributed by atoms with E-state index in [0.717, 1.165) is 12.8 Å². The molecule has 1 rings (SSSR count). The molecule has 0 radical (unpaired) electrons. The molecule has 0 aliphatic heterocycles. The van der Waals surface area contributed by atoms with Crippen LogP contribution in [-0.2, 0) is 0 Å². The van der Waals surface area contributed by atoms with Crippen molar-refractivity contribution in [1.82, 2.24) is 0 Å². The van der Waals surface area contributed by atoms with Crippen LogP contribution in [0.2, 0.25) is 0 Å². The topological polar surface area (TPSA) is 20.2 Å². The first-order chi connectivity index (χ1) is 7.66. The van der Waals surface area contributed by atoms with Gasteiger partial charge in [-0.2, -0.15) is 0 Å². The van der Waals surface area contributed by atoms with Crippen molar-refractivity contribution in [3.63, 3.8) is 0 Å². The zero-order chi connectivity index (χ0) is 12.0. The maximum atomic E-state index is 13.7. The first-order valence-electron chi connectivity index (χ1n) is 6.10. The number of hydrogen-bond acceptors (Lipinski definition) is 1. The van der Waals surface area contributed by atoms with E-state index < -0.39 is 6.10 Å². The Labute approximate surface area is 97.3 Å². The lowest BCUT2D eigenvalue weighted by atomic mass is 10.0. The highest BCUT2D eigenvalue weighted by molar-refractivity contribution is 5.26. The zero-order valence-electron chi connectivity index (χ0n) is 10.2. The number of rotatable bonds is 6. The SMILES string of the molecule is CCCCCCC(O)c1cccc(C)c1F. The van der Waals surface area contributed by atoms with Crippen LogP contribution in [0.1, 0.15) is 56.3 Å². The number of unbranched alkanes of at least 4 members (excludes halogenated alkanes) is 3. The van der Waals surface area contributed by atoms with E-state index in [-0.39, 0.29) is 5.82 Å². The highest BCUT2D eigenvalue weighted by atomic mass is 19.1. The molecule has 1 N–H and O–H groups in total. The molecular formula is C14H21FO. The van der Waals surface area contributed by atoms with Gasteiger partial charge in [0.2, 0.25) is 0 Å². The Kier molecular flexibility index (Phi) is 5.47. The maximum Gasteiger partial charge on any atom is 0.131 e. The standard InChI is InChI=1S/C14H21FO/c1-3-4-5-6-10-13(16)12-9-7-8-11(2)14(12)15/h7-9,13,16H,3-6,10H2,1-2H3. The summed E-state index contributed by atoms with van der Waals surface area (Å²) < 4.78 is 13.7. The predicted molar refractivity (Wildman–Crippen MR) is 64.9 cm³/mol. The fraction of sp³-hybridized carbons (Fsp3) is 0.571. The van der Waals surface area contributed by atoms with Gasteiger partial charge < -0.3 is 5.11 Å². The fourth-order valence-electron chi connectivity index (χ4n) is 1.85. The predicted octanol–water partition coefficient (Wildman–Crippen LogP) is 4.14. The molecule has 0 saturated carbocycles. The third-order valence-electron chi connectivity index (χ3n) is 2.91. The van der Waals surface area contributed by atoms with E-state index in [1.807, 2.05) is 0 Å². The zero-order valence-corrected chi connectivity index (χ0v) is 10.2. The quantitative estimate of drug-likeness (QED) is 0.720. The summed E-state index contributed by atoms with van der Waals surface area (Å²) in [6.45, 7) is 3.87. The minimum atomic E-state index is -0.656. The van der Waals surface area contributed by atoms with Crippen LogP contribution in [-0.4, -0.2) is 5.11 Å². The van der Waals surface area contributed by atoms with Crippen LogP contribution < -0.4 is 0 Å². The van der Waals surface area contributed by atoms with Gasteiger partial charge in [0.05, 0.1) is 6.10 Å². The largest absolute Gasteiger partial charge is 0.388 e. The van der Waals surface area contributed by atoms with E-state index >= 15 is 0 Å². The van der Waals surface area contributed by atoms with Crippen LogP contribution in [0.15, 0.2) is 18.2 Å². The summed E-state index contributed by atoms with van der Waals surface area (Å²) >= 11 is 0. The maximum absolute atomic E-state index is 13.7. The molecule has 1 unspecified atom stereocenters. The molecular weight excluding hydrogens is 203 g/mol. The average molecular weight is 224 g/mol. The van der Waals surface area contributed by atoms with Crippen LogP contribution in [0.5, 0.6) is 0 Å². The van der Waals surface area contributed by atoms with Crippen LogP contribution in [0.4, 0.5) is 4.39 Å². The number of hydrogen-bond donors (Lipinski definition) is 1. The Balaban J connectivity index is 2.52. The number of halogens is 1. The van der Waals surface area contributed by atoms with Gasteiger partial charge >= 0.3 is 0 Å². The Bertz CT molecular complexity index is 323. The van der Waals surface area contributed by atoms with Gasteiger partial charge in [-0.25, -0.2) is 4.39 Å². The van der Waals surface area contributed by atoms with Gasteiger partial charge in [0.15, 0.2) is 0 Å². The highest BCUT2D eigenvalue weighted by Crippen LogP contribution is 2.24. The van der Waals surface area contributed by atoms with E-state index in [4.69, 9.17) is 0 Å². The second-order valence-electron chi connectivity index (χ2n) is 4.34. The summed E-state index contributed by atoms with van der Waals surface area (Å²) in [4.78, 5) is 0. The third-order valence-corrected chi connectivity index (χ3v) is 2.91. The monoisotopic (exact) mass is 224 g/mol. The number of benzene rings is 1. The van der Waals surface area contributed by atoms with Crippen molar-refractivity contribution in [3.05, 3.63) is 35.1 Å². The molecule has 0 heterocycles. The minimum absolute atomic E-state index is 0.259. The van der Waals surface area contributed by atoms with Gasteiger partial charge in [-0.15, -0.1) is 0 Å². The highest BCUT2D eigenvalue weighted by Gasteiger charge is 2.13. The summed E-state index contributed by atoms with van der Waals surface area (Å²) in [5.74, 6) is -0.259. The van der Waals surface area contributed by atoms with Crippen LogP contribution in [0.25, 0.3) is 0 Å². The Morgan fingerprint density at radius 3 is 2.69 bits per heavy atom. The number of aryl methyl sites for hydroxylation is 1. The molecule has 1 aromatic carbocycles. The molecule has 16 heavy (non-hydrogen) atoms. The summed E-state index contributed by atoms with van der Waals surface area (Å²) in [5, 5.41) is 9.89. The molecule has 0 aromatic heterocycles. The van der Waals surface area contributed by atoms with Gasteiger partial charge in [0, 0.05) is 5.56 Å². The molecule has 0 spiro atoms. The van der Waals surface area contributed by atoms with E-state index in [9.17, 15) is 9.50 Å². The van der Waals surface area contributed by atoms with Crippen LogP contribution in [0.3, 0.4) is 0 Å². The van der Waals surface area contributed by atoms with Crippen molar-refractivity contribution in [2.45, 2.75) is 52.1 Å². The number of aliphatic hydroxyl groups excluding tert-OH is 1. The summed E-state index contributed by atoms with van der Waals surface area (Å²) in [6.07, 6.45) is 4.43. The van der Waals surface area contributed by atoms with Gasteiger partial charge in [0.1, 0.15) is 5.82 Å². The molecule has 0 bridgehead atoms. The van der Waals surface area contributed by atoms with Gasteiger partial charge in [-0.3, -0.25) is 0 Å². The molecule has 90 valence electrons.